The average molecular weight is 538 g/mol. The molecule has 1 aliphatic rings. The zero-order chi connectivity index (χ0) is 26.4. The number of nitrogens with one attached hydrogen (secondary N) is 1. The first-order chi connectivity index (χ1) is 19.2. The zero-order valence-corrected chi connectivity index (χ0v) is 22.7. The smallest absolute Gasteiger partial charge is 0.121 e. The second kappa shape index (κ2) is 11.9. The summed E-state index contributed by atoms with van der Waals surface area (Å²) in [7, 11) is 1.67. The lowest BCUT2D eigenvalue weighted by molar-refractivity contribution is 0.0342. The van der Waals surface area contributed by atoms with Crippen LogP contribution in [0.25, 0.3) is 21.3 Å². The number of rotatable bonds is 9. The van der Waals surface area contributed by atoms with E-state index in [9.17, 15) is 0 Å². The molecule has 0 aliphatic carbocycles. The Morgan fingerprint density at radius 2 is 1.77 bits per heavy atom. The maximum absolute atomic E-state index is 6.12. The molecule has 0 atom stereocenters. The van der Waals surface area contributed by atoms with Crippen LogP contribution in [0.4, 0.5) is 11.4 Å². The number of nitrogens with zero attached hydrogens (tertiary/aromatic N) is 2. The van der Waals surface area contributed by atoms with Crippen LogP contribution >= 0.6 is 11.3 Å². The molecule has 39 heavy (non-hydrogen) atoms. The molecule has 0 amide bonds. The lowest BCUT2D eigenvalue weighted by Gasteiger charge is -2.26. The van der Waals surface area contributed by atoms with E-state index in [-0.39, 0.29) is 0 Å². The minimum Gasteiger partial charge on any atom is -0.497 e. The number of methoxy groups -OCH3 is 1. The summed E-state index contributed by atoms with van der Waals surface area (Å²) < 4.78 is 18.0. The molecule has 0 bridgehead atoms. The van der Waals surface area contributed by atoms with Gasteiger partial charge in [0.15, 0.2) is 0 Å². The molecule has 2 aromatic heterocycles. The van der Waals surface area contributed by atoms with Crippen LogP contribution in [0.2, 0.25) is 0 Å². The van der Waals surface area contributed by atoms with Gasteiger partial charge in [0.1, 0.15) is 18.1 Å². The Kier molecular flexibility index (Phi) is 7.72. The van der Waals surface area contributed by atoms with Crippen molar-refractivity contribution in [2.24, 2.45) is 0 Å². The standard InChI is InChI=1S/C32H31N3O3S/c1-36-27-10-8-23(9-11-27)22-38-28-7-3-6-26(19-28)34-31-29(20-33-30-12-17-39-32(30)31)25-5-2-4-24(18-25)21-35-13-15-37-16-14-35/h2-12,17-20H,13-16,21-22H2,1H3,(H,33,34). The van der Waals surface area contributed by atoms with Crippen LogP contribution in [-0.2, 0) is 17.9 Å². The fourth-order valence-corrected chi connectivity index (χ4v) is 5.66. The normalized spacial score (nSPS) is 13.9. The molecule has 1 saturated heterocycles. The van der Waals surface area contributed by atoms with E-state index in [2.05, 4.69) is 52.0 Å². The molecule has 1 aliphatic heterocycles. The van der Waals surface area contributed by atoms with Crippen LogP contribution < -0.4 is 14.8 Å². The highest BCUT2D eigenvalue weighted by molar-refractivity contribution is 7.17. The SMILES string of the molecule is COc1ccc(COc2cccc(Nc3c(-c4cccc(CN5CCOCC5)c4)cnc4ccsc34)c2)cc1. The Morgan fingerprint density at radius 3 is 2.62 bits per heavy atom. The molecule has 0 saturated carbocycles. The maximum atomic E-state index is 6.12. The lowest BCUT2D eigenvalue weighted by Crippen LogP contribution is -2.35. The first-order valence-electron chi connectivity index (χ1n) is 13.1. The number of morpholine rings is 1. The number of ether oxygens (including phenoxy) is 3. The molecule has 198 valence electrons. The molecule has 0 spiro atoms. The monoisotopic (exact) mass is 537 g/mol. The van der Waals surface area contributed by atoms with Crippen molar-refractivity contribution in [2.75, 3.05) is 38.7 Å². The predicted octanol–water partition coefficient (Wildman–Crippen LogP) is 7.13. The number of hydrogen-bond donors (Lipinski definition) is 1. The quantitative estimate of drug-likeness (QED) is 0.216. The molecule has 7 heteroatoms. The molecule has 1 fully saturated rings. The molecule has 3 aromatic carbocycles. The van der Waals surface area contributed by atoms with E-state index in [0.29, 0.717) is 6.61 Å². The summed E-state index contributed by atoms with van der Waals surface area (Å²) >= 11 is 1.70. The molecular weight excluding hydrogens is 506 g/mol. The van der Waals surface area contributed by atoms with Crippen molar-refractivity contribution < 1.29 is 14.2 Å². The minimum atomic E-state index is 0.485. The second-order valence-corrected chi connectivity index (χ2v) is 10.5. The fraction of sp³-hybridized carbons (Fsp3) is 0.219. The van der Waals surface area contributed by atoms with Crippen LogP contribution in [0.1, 0.15) is 11.1 Å². The van der Waals surface area contributed by atoms with Crippen LogP contribution in [0, 0.1) is 0 Å². The Bertz CT molecular complexity index is 1540. The summed E-state index contributed by atoms with van der Waals surface area (Å²) in [6.45, 7) is 4.94. The number of benzene rings is 3. The van der Waals surface area contributed by atoms with Crippen molar-refractivity contribution in [1.29, 1.82) is 0 Å². The summed E-state index contributed by atoms with van der Waals surface area (Å²) in [4.78, 5) is 7.21. The number of aromatic nitrogens is 1. The van der Waals surface area contributed by atoms with Gasteiger partial charge in [-0.15, -0.1) is 11.3 Å². The van der Waals surface area contributed by atoms with Gasteiger partial charge >= 0.3 is 0 Å². The van der Waals surface area contributed by atoms with Crippen LogP contribution in [0.5, 0.6) is 11.5 Å². The maximum Gasteiger partial charge on any atom is 0.121 e. The van der Waals surface area contributed by atoms with Gasteiger partial charge in [-0.2, -0.15) is 0 Å². The number of hydrogen-bond acceptors (Lipinski definition) is 7. The number of pyridine rings is 1. The predicted molar refractivity (Wildman–Crippen MR) is 158 cm³/mol. The molecule has 0 unspecified atom stereocenters. The third kappa shape index (κ3) is 6.06. The van der Waals surface area contributed by atoms with Crippen LogP contribution in [-0.4, -0.2) is 43.3 Å². The Labute approximate surface area is 232 Å². The highest BCUT2D eigenvalue weighted by Crippen LogP contribution is 2.39. The van der Waals surface area contributed by atoms with Crippen molar-refractivity contribution in [3.63, 3.8) is 0 Å². The van der Waals surface area contributed by atoms with Gasteiger partial charge in [0, 0.05) is 43.1 Å². The van der Waals surface area contributed by atoms with Crippen molar-refractivity contribution in [3.8, 4) is 22.6 Å². The third-order valence-electron chi connectivity index (χ3n) is 6.89. The van der Waals surface area contributed by atoms with Crippen LogP contribution in [0.3, 0.4) is 0 Å². The molecule has 6 rings (SSSR count). The molecular formula is C32H31N3O3S. The average Bonchev–Trinajstić information content (AvgIpc) is 3.47. The largest absolute Gasteiger partial charge is 0.497 e. The summed E-state index contributed by atoms with van der Waals surface area (Å²) in [5, 5.41) is 5.79. The summed E-state index contributed by atoms with van der Waals surface area (Å²) in [6, 6.07) is 26.9. The minimum absolute atomic E-state index is 0.485. The summed E-state index contributed by atoms with van der Waals surface area (Å²) in [5.41, 5.74) is 7.63. The summed E-state index contributed by atoms with van der Waals surface area (Å²) in [5.74, 6) is 1.64. The van der Waals surface area contributed by atoms with E-state index in [4.69, 9.17) is 19.2 Å². The fourth-order valence-electron chi connectivity index (χ4n) is 4.81. The van der Waals surface area contributed by atoms with Gasteiger partial charge in [-0.3, -0.25) is 9.88 Å². The number of fused-ring (bicyclic) bond motifs is 1. The van der Waals surface area contributed by atoms with Gasteiger partial charge in [-0.25, -0.2) is 0 Å². The van der Waals surface area contributed by atoms with Gasteiger partial charge in [0.2, 0.25) is 0 Å². The van der Waals surface area contributed by atoms with Crippen LogP contribution in [0.15, 0.2) is 90.4 Å². The van der Waals surface area contributed by atoms with E-state index in [1.54, 1.807) is 18.4 Å². The summed E-state index contributed by atoms with van der Waals surface area (Å²) in [6.07, 6.45) is 1.98. The van der Waals surface area contributed by atoms with E-state index in [1.807, 2.05) is 48.7 Å². The van der Waals surface area contributed by atoms with Gasteiger partial charge in [0.05, 0.1) is 36.2 Å². The molecule has 6 nitrogen and oxygen atoms in total. The van der Waals surface area contributed by atoms with Crippen molar-refractivity contribution in [1.82, 2.24) is 9.88 Å². The first kappa shape index (κ1) is 25.4. The van der Waals surface area contributed by atoms with E-state index in [0.717, 1.165) is 82.6 Å². The number of thiophene rings is 1. The molecule has 5 aromatic rings. The van der Waals surface area contributed by atoms with E-state index < -0.39 is 0 Å². The van der Waals surface area contributed by atoms with Crippen molar-refractivity contribution in [2.45, 2.75) is 13.2 Å². The van der Waals surface area contributed by atoms with Gasteiger partial charge in [0.25, 0.3) is 0 Å². The highest BCUT2D eigenvalue weighted by Gasteiger charge is 2.15. The Balaban J connectivity index is 1.25. The topological polar surface area (TPSA) is 55.9 Å². The van der Waals surface area contributed by atoms with E-state index >= 15 is 0 Å². The van der Waals surface area contributed by atoms with E-state index in [1.165, 1.54) is 5.56 Å². The lowest BCUT2D eigenvalue weighted by atomic mass is 10.0. The molecule has 0 radical (unpaired) electrons. The Morgan fingerprint density at radius 1 is 0.923 bits per heavy atom. The Hall–Kier alpha value is -3.91. The first-order valence-corrected chi connectivity index (χ1v) is 14.0. The van der Waals surface area contributed by atoms with Gasteiger partial charge < -0.3 is 19.5 Å². The van der Waals surface area contributed by atoms with Gasteiger partial charge in [-0.1, -0.05) is 36.4 Å². The molecule has 3 heterocycles. The zero-order valence-electron chi connectivity index (χ0n) is 21.9. The highest BCUT2D eigenvalue weighted by atomic mass is 32.1. The third-order valence-corrected chi connectivity index (χ3v) is 7.81. The van der Waals surface area contributed by atoms with Crippen molar-refractivity contribution >= 4 is 32.9 Å². The second-order valence-electron chi connectivity index (χ2n) is 9.56. The number of anilines is 2. The van der Waals surface area contributed by atoms with Crippen molar-refractivity contribution in [3.05, 3.63) is 102 Å². The van der Waals surface area contributed by atoms with Gasteiger partial charge in [-0.05, 0) is 58.5 Å². The molecule has 1 N–H and O–H groups in total.